The molecule has 24 heavy (non-hydrogen) atoms. The van der Waals surface area contributed by atoms with E-state index in [2.05, 4.69) is 20.5 Å². The lowest BCUT2D eigenvalue weighted by atomic mass is 10.2. The van der Waals surface area contributed by atoms with E-state index in [1.807, 2.05) is 24.3 Å². The Bertz CT molecular complexity index is 1010. The number of rotatable bonds is 4. The van der Waals surface area contributed by atoms with Crippen LogP contribution in [-0.2, 0) is 14.1 Å². The molecule has 0 fully saturated rings. The third-order valence-electron chi connectivity index (χ3n) is 3.68. The highest BCUT2D eigenvalue weighted by Gasteiger charge is 2.13. The van der Waals surface area contributed by atoms with Crippen molar-refractivity contribution in [1.29, 1.82) is 0 Å². The molecule has 0 bridgehead atoms. The highest BCUT2D eigenvalue weighted by Crippen LogP contribution is 2.18. The molecule has 1 aromatic carbocycles. The van der Waals surface area contributed by atoms with Crippen molar-refractivity contribution in [3.8, 4) is 11.4 Å². The maximum atomic E-state index is 12.3. The first kappa shape index (κ1) is 15.8. The summed E-state index contributed by atoms with van der Waals surface area (Å²) in [5, 5.41) is 11.2. The van der Waals surface area contributed by atoms with Crippen LogP contribution in [0, 0.1) is 0 Å². The average molecular weight is 327 g/mol. The minimum Gasteiger partial charge on any atom is -0.384 e. The van der Waals surface area contributed by atoms with E-state index in [1.165, 1.54) is 18.7 Å². The summed E-state index contributed by atoms with van der Waals surface area (Å²) in [5.41, 5.74) is 6.41. The van der Waals surface area contributed by atoms with Gasteiger partial charge in [-0.15, -0.1) is 10.2 Å². The van der Waals surface area contributed by atoms with E-state index >= 15 is 0 Å². The number of nitrogens with two attached hydrogens (primary N) is 1. The van der Waals surface area contributed by atoms with Gasteiger partial charge in [-0.3, -0.25) is 13.9 Å². The molecule has 0 aliphatic carbocycles. The van der Waals surface area contributed by atoms with Gasteiger partial charge in [0.1, 0.15) is 0 Å². The predicted molar refractivity (Wildman–Crippen MR) is 90.8 cm³/mol. The number of fused-ring (bicyclic) bond motifs is 1. The monoisotopic (exact) mass is 327 g/mol. The van der Waals surface area contributed by atoms with Crippen LogP contribution in [-0.4, -0.2) is 37.4 Å². The van der Waals surface area contributed by atoms with E-state index in [9.17, 15) is 9.59 Å². The first-order chi connectivity index (χ1) is 11.5. The van der Waals surface area contributed by atoms with Gasteiger partial charge in [-0.2, -0.15) is 0 Å². The summed E-state index contributed by atoms with van der Waals surface area (Å²) in [4.78, 5) is 28.4. The third-order valence-corrected chi connectivity index (χ3v) is 3.68. The van der Waals surface area contributed by atoms with Crippen LogP contribution < -0.4 is 22.3 Å². The molecule has 3 N–H and O–H groups in total. The molecule has 0 amide bonds. The van der Waals surface area contributed by atoms with Crippen LogP contribution in [0.15, 0.2) is 33.9 Å². The second kappa shape index (κ2) is 6.20. The highest BCUT2D eigenvalue weighted by atomic mass is 16.2. The lowest BCUT2D eigenvalue weighted by Crippen LogP contribution is -2.38. The Balaban J connectivity index is 2.08. The van der Waals surface area contributed by atoms with Crippen LogP contribution in [0.5, 0.6) is 0 Å². The molecule has 0 aliphatic rings. The fourth-order valence-electron chi connectivity index (χ4n) is 2.33. The van der Waals surface area contributed by atoms with Crippen molar-refractivity contribution >= 4 is 16.9 Å². The van der Waals surface area contributed by atoms with E-state index in [0.717, 1.165) is 15.8 Å². The summed E-state index contributed by atoms with van der Waals surface area (Å²) >= 11 is 0. The van der Waals surface area contributed by atoms with Gasteiger partial charge in [0.05, 0.1) is 0 Å². The van der Waals surface area contributed by atoms with Crippen LogP contribution in [0.2, 0.25) is 0 Å². The molecule has 2 aromatic heterocycles. The second-order valence-corrected chi connectivity index (χ2v) is 5.31. The Morgan fingerprint density at radius 2 is 1.79 bits per heavy atom. The molecule has 0 radical (unpaired) electrons. The van der Waals surface area contributed by atoms with Gasteiger partial charge in [0.15, 0.2) is 17.0 Å². The van der Waals surface area contributed by atoms with Crippen molar-refractivity contribution in [1.82, 2.24) is 24.3 Å². The molecule has 9 nitrogen and oxygen atoms in total. The van der Waals surface area contributed by atoms with Crippen molar-refractivity contribution in [2.24, 2.45) is 19.8 Å². The van der Waals surface area contributed by atoms with Gasteiger partial charge in [0, 0.05) is 38.4 Å². The summed E-state index contributed by atoms with van der Waals surface area (Å²) in [6.07, 6.45) is 0. The molecule has 0 atom stereocenters. The molecule has 0 unspecified atom stereocenters. The number of aromatic nitrogens is 5. The zero-order valence-corrected chi connectivity index (χ0v) is 13.4. The predicted octanol–water partition coefficient (Wildman–Crippen LogP) is -0.540. The SMILES string of the molecule is Cn1c(=O)c2nc(-c3ccc(NCCN)cc3)nnc2n(C)c1=O. The molecule has 0 saturated carbocycles. The average Bonchev–Trinajstić information content (AvgIpc) is 2.63. The quantitative estimate of drug-likeness (QED) is 0.660. The van der Waals surface area contributed by atoms with Gasteiger partial charge in [-0.05, 0) is 24.3 Å². The Morgan fingerprint density at radius 3 is 2.46 bits per heavy atom. The van der Waals surface area contributed by atoms with Crippen molar-refractivity contribution in [2.75, 3.05) is 18.4 Å². The second-order valence-electron chi connectivity index (χ2n) is 5.31. The van der Waals surface area contributed by atoms with Crippen molar-refractivity contribution in [3.63, 3.8) is 0 Å². The zero-order chi connectivity index (χ0) is 17.3. The van der Waals surface area contributed by atoms with Crippen LogP contribution in [0.3, 0.4) is 0 Å². The first-order valence-corrected chi connectivity index (χ1v) is 7.37. The standard InChI is InChI=1S/C15H17N7O2/c1-21-13-11(14(23)22(2)15(21)24)18-12(19-20-13)9-3-5-10(6-4-9)17-8-7-16/h3-6,17H,7-8,16H2,1-2H3. The van der Waals surface area contributed by atoms with Gasteiger partial charge in [-0.1, -0.05) is 0 Å². The summed E-state index contributed by atoms with van der Waals surface area (Å²) in [7, 11) is 2.93. The van der Waals surface area contributed by atoms with E-state index in [4.69, 9.17) is 5.73 Å². The van der Waals surface area contributed by atoms with Gasteiger partial charge in [-0.25, -0.2) is 9.78 Å². The third kappa shape index (κ3) is 2.65. The van der Waals surface area contributed by atoms with E-state index in [1.54, 1.807) is 0 Å². The lowest BCUT2D eigenvalue weighted by Gasteiger charge is -2.07. The Kier molecular flexibility index (Phi) is 4.09. The number of anilines is 1. The maximum absolute atomic E-state index is 12.3. The molecular weight excluding hydrogens is 310 g/mol. The van der Waals surface area contributed by atoms with Gasteiger partial charge in [0.2, 0.25) is 0 Å². The number of nitrogens with zero attached hydrogens (tertiary/aromatic N) is 5. The fourth-order valence-corrected chi connectivity index (χ4v) is 2.33. The topological polar surface area (TPSA) is 121 Å². The molecule has 3 aromatic rings. The Hall–Kier alpha value is -3.07. The Labute approximate surface area is 136 Å². The van der Waals surface area contributed by atoms with Crippen LogP contribution >= 0.6 is 0 Å². The van der Waals surface area contributed by atoms with Gasteiger partial charge in [0.25, 0.3) is 5.56 Å². The summed E-state index contributed by atoms with van der Waals surface area (Å²) in [6.45, 7) is 1.22. The number of nitrogens with one attached hydrogen (secondary N) is 1. The van der Waals surface area contributed by atoms with Crippen molar-refractivity contribution < 1.29 is 0 Å². The molecule has 3 rings (SSSR count). The smallest absolute Gasteiger partial charge is 0.332 e. The normalized spacial score (nSPS) is 11.0. The first-order valence-electron chi connectivity index (χ1n) is 7.37. The highest BCUT2D eigenvalue weighted by molar-refractivity contribution is 5.71. The van der Waals surface area contributed by atoms with Gasteiger partial charge < -0.3 is 11.1 Å². The molecule has 0 saturated heterocycles. The molecule has 0 spiro atoms. The van der Waals surface area contributed by atoms with Crippen LogP contribution in [0.4, 0.5) is 5.69 Å². The number of aryl methyl sites for hydroxylation is 1. The Morgan fingerprint density at radius 1 is 1.08 bits per heavy atom. The number of hydrogen-bond donors (Lipinski definition) is 2. The summed E-state index contributed by atoms with van der Waals surface area (Å²) in [6, 6.07) is 7.40. The number of benzene rings is 1. The summed E-state index contributed by atoms with van der Waals surface area (Å²) in [5.74, 6) is 0.323. The molecular formula is C15H17N7O2. The van der Waals surface area contributed by atoms with E-state index < -0.39 is 11.2 Å². The zero-order valence-electron chi connectivity index (χ0n) is 13.4. The fraction of sp³-hybridized carbons (Fsp3) is 0.267. The summed E-state index contributed by atoms with van der Waals surface area (Å²) < 4.78 is 2.25. The van der Waals surface area contributed by atoms with Crippen LogP contribution in [0.1, 0.15) is 0 Å². The van der Waals surface area contributed by atoms with E-state index in [-0.39, 0.29) is 11.2 Å². The van der Waals surface area contributed by atoms with E-state index in [0.29, 0.717) is 18.9 Å². The van der Waals surface area contributed by atoms with Crippen molar-refractivity contribution in [2.45, 2.75) is 0 Å². The molecule has 124 valence electrons. The molecule has 9 heteroatoms. The van der Waals surface area contributed by atoms with Crippen molar-refractivity contribution in [3.05, 3.63) is 45.1 Å². The largest absolute Gasteiger partial charge is 0.384 e. The maximum Gasteiger partial charge on any atom is 0.332 e. The minimum atomic E-state index is -0.495. The molecule has 0 aliphatic heterocycles. The lowest BCUT2D eigenvalue weighted by molar-refractivity contribution is 0.698. The molecule has 2 heterocycles. The minimum absolute atomic E-state index is 0.106. The van der Waals surface area contributed by atoms with Crippen LogP contribution in [0.25, 0.3) is 22.6 Å². The van der Waals surface area contributed by atoms with Gasteiger partial charge >= 0.3 is 5.69 Å². The number of hydrogen-bond acceptors (Lipinski definition) is 7.